The first-order valence-corrected chi connectivity index (χ1v) is 11.1. The van der Waals surface area contributed by atoms with E-state index >= 15 is 0 Å². The van der Waals surface area contributed by atoms with Crippen molar-refractivity contribution in [3.63, 3.8) is 0 Å². The molecule has 2 aromatic heterocycles. The molecule has 164 valence electrons. The maximum Gasteiger partial charge on any atom is 0.257 e. The van der Waals surface area contributed by atoms with Gasteiger partial charge in [-0.15, -0.1) is 0 Å². The molecule has 0 saturated carbocycles. The highest BCUT2D eigenvalue weighted by Crippen LogP contribution is 2.33. The lowest BCUT2D eigenvalue weighted by Crippen LogP contribution is -2.37. The number of aryl methyl sites for hydroxylation is 1. The van der Waals surface area contributed by atoms with E-state index < -0.39 is 6.10 Å². The summed E-state index contributed by atoms with van der Waals surface area (Å²) in [4.78, 5) is 19.9. The maximum absolute atomic E-state index is 13.7. The Hall–Kier alpha value is -2.58. The Labute approximate surface area is 179 Å². The van der Waals surface area contributed by atoms with E-state index in [1.54, 1.807) is 10.6 Å². The highest BCUT2D eigenvalue weighted by molar-refractivity contribution is 5.79. The second-order valence-electron chi connectivity index (χ2n) is 8.72. The molecule has 5 rings (SSSR count). The molecule has 1 saturated heterocycles. The molecule has 1 aromatic carbocycles. The number of aliphatic hydroxyl groups excluding tert-OH is 1. The van der Waals surface area contributed by atoms with Gasteiger partial charge in [-0.1, -0.05) is 5.16 Å². The number of halogens is 1. The third kappa shape index (κ3) is 3.78. The smallest absolute Gasteiger partial charge is 0.257 e. The first-order chi connectivity index (χ1) is 15.0. The van der Waals surface area contributed by atoms with E-state index in [2.05, 4.69) is 15.0 Å². The van der Waals surface area contributed by atoms with Gasteiger partial charge in [0.2, 0.25) is 0 Å². The van der Waals surface area contributed by atoms with Crippen LogP contribution >= 0.6 is 0 Å². The molecule has 0 radical (unpaired) electrons. The zero-order valence-corrected chi connectivity index (χ0v) is 17.7. The Morgan fingerprint density at radius 3 is 2.84 bits per heavy atom. The van der Waals surface area contributed by atoms with Crippen molar-refractivity contribution in [2.45, 2.75) is 57.6 Å². The van der Waals surface area contributed by atoms with Gasteiger partial charge in [0.1, 0.15) is 17.7 Å². The average molecular weight is 426 g/mol. The number of aromatic nitrogens is 3. The van der Waals surface area contributed by atoms with Crippen molar-refractivity contribution in [3.05, 3.63) is 57.1 Å². The van der Waals surface area contributed by atoms with Gasteiger partial charge >= 0.3 is 0 Å². The van der Waals surface area contributed by atoms with Crippen molar-refractivity contribution in [2.24, 2.45) is 0 Å². The molecular formula is C23H27FN4O3. The average Bonchev–Trinajstić information content (AvgIpc) is 3.18. The van der Waals surface area contributed by atoms with Crippen LogP contribution in [0.3, 0.4) is 0 Å². The van der Waals surface area contributed by atoms with E-state index in [0.717, 1.165) is 61.2 Å². The fraction of sp³-hybridized carbons (Fsp3) is 0.522. The second-order valence-corrected chi connectivity index (χ2v) is 8.72. The Morgan fingerprint density at radius 2 is 2.03 bits per heavy atom. The summed E-state index contributed by atoms with van der Waals surface area (Å²) in [6.45, 7) is 5.07. The molecule has 0 aliphatic carbocycles. The molecule has 0 amide bonds. The SMILES string of the molecule is Cc1nc2n(c(=O)c1CCN1CCC(c3noc4ccc(F)cc34)CC1)CCCC2O. The van der Waals surface area contributed by atoms with E-state index in [1.165, 1.54) is 12.1 Å². The van der Waals surface area contributed by atoms with Gasteiger partial charge in [-0.3, -0.25) is 9.36 Å². The fourth-order valence-corrected chi connectivity index (χ4v) is 4.98. The van der Waals surface area contributed by atoms with E-state index in [0.29, 0.717) is 30.8 Å². The van der Waals surface area contributed by atoms with Crippen molar-refractivity contribution < 1.29 is 14.0 Å². The monoisotopic (exact) mass is 426 g/mol. The summed E-state index contributed by atoms with van der Waals surface area (Å²) < 4.78 is 20.7. The minimum atomic E-state index is -0.644. The number of likely N-dealkylation sites (tertiary alicyclic amines) is 1. The fourth-order valence-electron chi connectivity index (χ4n) is 4.98. The van der Waals surface area contributed by atoms with Crippen molar-refractivity contribution in [1.82, 2.24) is 19.6 Å². The number of aliphatic hydroxyl groups is 1. The minimum absolute atomic E-state index is 0.00719. The van der Waals surface area contributed by atoms with Crippen molar-refractivity contribution in [1.29, 1.82) is 0 Å². The third-order valence-corrected chi connectivity index (χ3v) is 6.77. The van der Waals surface area contributed by atoms with Gasteiger partial charge in [0, 0.05) is 35.7 Å². The van der Waals surface area contributed by atoms with Crippen molar-refractivity contribution in [3.8, 4) is 0 Å². The van der Waals surface area contributed by atoms with E-state index in [1.807, 2.05) is 6.92 Å². The van der Waals surface area contributed by atoms with Crippen LogP contribution in [0.4, 0.5) is 4.39 Å². The van der Waals surface area contributed by atoms with E-state index in [-0.39, 0.29) is 17.3 Å². The molecular weight excluding hydrogens is 399 g/mol. The van der Waals surface area contributed by atoms with Gasteiger partial charge < -0.3 is 14.5 Å². The molecule has 0 bridgehead atoms. The normalized spacial score (nSPS) is 20.3. The summed E-state index contributed by atoms with van der Waals surface area (Å²) in [7, 11) is 0. The van der Waals surface area contributed by atoms with Crippen LogP contribution in [-0.4, -0.2) is 44.3 Å². The Morgan fingerprint density at radius 1 is 1.23 bits per heavy atom. The zero-order valence-electron chi connectivity index (χ0n) is 17.7. The minimum Gasteiger partial charge on any atom is -0.385 e. The highest BCUT2D eigenvalue weighted by Gasteiger charge is 2.27. The van der Waals surface area contributed by atoms with E-state index in [9.17, 15) is 14.3 Å². The summed E-state index contributed by atoms with van der Waals surface area (Å²) in [5.41, 5.74) is 2.94. The molecule has 2 aliphatic heterocycles. The second kappa shape index (κ2) is 8.16. The lowest BCUT2D eigenvalue weighted by molar-refractivity contribution is 0.129. The molecule has 7 nitrogen and oxygen atoms in total. The summed E-state index contributed by atoms with van der Waals surface area (Å²) in [5.74, 6) is 0.482. The summed E-state index contributed by atoms with van der Waals surface area (Å²) in [5, 5.41) is 15.1. The van der Waals surface area contributed by atoms with E-state index in [4.69, 9.17) is 4.52 Å². The van der Waals surface area contributed by atoms with Crippen LogP contribution in [0.5, 0.6) is 0 Å². The quantitative estimate of drug-likeness (QED) is 0.690. The number of benzene rings is 1. The topological polar surface area (TPSA) is 84.4 Å². The Bertz CT molecular complexity index is 1160. The van der Waals surface area contributed by atoms with Gasteiger partial charge in [0.05, 0.1) is 5.69 Å². The zero-order chi connectivity index (χ0) is 21.5. The van der Waals surface area contributed by atoms with Crippen LogP contribution in [0.25, 0.3) is 11.0 Å². The first-order valence-electron chi connectivity index (χ1n) is 11.1. The Balaban J connectivity index is 1.25. The van der Waals surface area contributed by atoms with Crippen LogP contribution in [0, 0.1) is 12.7 Å². The number of hydrogen-bond acceptors (Lipinski definition) is 6. The molecule has 1 N–H and O–H groups in total. The molecule has 2 aliphatic rings. The molecule has 1 fully saturated rings. The van der Waals surface area contributed by atoms with Crippen LogP contribution in [0.15, 0.2) is 27.5 Å². The largest absolute Gasteiger partial charge is 0.385 e. The number of fused-ring (bicyclic) bond motifs is 2. The lowest BCUT2D eigenvalue weighted by Gasteiger charge is -2.31. The molecule has 0 spiro atoms. The number of hydrogen-bond donors (Lipinski definition) is 1. The Kier molecular flexibility index (Phi) is 5.35. The van der Waals surface area contributed by atoms with Crippen molar-refractivity contribution in [2.75, 3.05) is 19.6 Å². The molecule has 1 unspecified atom stereocenters. The molecule has 1 atom stereocenters. The molecule has 4 heterocycles. The predicted octanol–water partition coefficient (Wildman–Crippen LogP) is 3.08. The third-order valence-electron chi connectivity index (χ3n) is 6.77. The van der Waals surface area contributed by atoms with Gasteiger partial charge in [0.25, 0.3) is 5.56 Å². The predicted molar refractivity (Wildman–Crippen MR) is 114 cm³/mol. The van der Waals surface area contributed by atoms with Crippen LogP contribution in [0.1, 0.15) is 60.5 Å². The maximum atomic E-state index is 13.7. The van der Waals surface area contributed by atoms with Gasteiger partial charge in [-0.2, -0.15) is 0 Å². The van der Waals surface area contributed by atoms with Gasteiger partial charge in [-0.25, -0.2) is 9.37 Å². The first kappa shape index (κ1) is 20.3. The number of nitrogens with zero attached hydrogens (tertiary/aromatic N) is 4. The van der Waals surface area contributed by atoms with Crippen LogP contribution < -0.4 is 5.56 Å². The highest BCUT2D eigenvalue weighted by atomic mass is 19.1. The van der Waals surface area contributed by atoms with Crippen LogP contribution in [0.2, 0.25) is 0 Å². The summed E-state index contributed by atoms with van der Waals surface area (Å²) in [6, 6.07) is 4.52. The van der Waals surface area contributed by atoms with Gasteiger partial charge in [0.15, 0.2) is 5.58 Å². The number of rotatable bonds is 4. The van der Waals surface area contributed by atoms with Crippen molar-refractivity contribution >= 4 is 11.0 Å². The molecule has 3 aromatic rings. The lowest BCUT2D eigenvalue weighted by atomic mass is 9.91. The summed E-state index contributed by atoms with van der Waals surface area (Å²) >= 11 is 0. The molecule has 31 heavy (non-hydrogen) atoms. The standard InChI is InChI=1S/C23H27FN4O3/c1-14-17(23(30)28-9-2-3-19(29)22(28)25-14)8-12-27-10-6-15(7-11-27)21-18-13-16(24)4-5-20(18)31-26-21/h4-5,13,15,19,29H,2-3,6-12H2,1H3. The van der Waals surface area contributed by atoms with Crippen LogP contribution in [-0.2, 0) is 13.0 Å². The molecule has 8 heteroatoms. The summed E-state index contributed by atoms with van der Waals surface area (Å²) in [6.07, 6.45) is 3.31. The number of piperidine rings is 1. The van der Waals surface area contributed by atoms with Gasteiger partial charge in [-0.05, 0) is 70.3 Å².